The van der Waals surface area contributed by atoms with Crippen molar-refractivity contribution in [3.05, 3.63) is 58.6 Å². The maximum absolute atomic E-state index is 6.24. The van der Waals surface area contributed by atoms with Crippen molar-refractivity contribution in [2.24, 2.45) is 0 Å². The van der Waals surface area contributed by atoms with Crippen LogP contribution in [0.5, 0.6) is 11.5 Å². The highest BCUT2D eigenvalue weighted by Crippen LogP contribution is 2.28. The molecule has 3 heteroatoms. The molecule has 0 aromatic heterocycles. The maximum atomic E-state index is 6.24. The molecule has 0 saturated heterocycles. The fourth-order valence-electron chi connectivity index (χ4n) is 2.16. The van der Waals surface area contributed by atoms with Crippen molar-refractivity contribution in [1.29, 1.82) is 0 Å². The van der Waals surface area contributed by atoms with Gasteiger partial charge in [-0.1, -0.05) is 43.6 Å². The summed E-state index contributed by atoms with van der Waals surface area (Å²) >= 11 is 6.24. The van der Waals surface area contributed by atoms with Gasteiger partial charge < -0.3 is 10.1 Å². The minimum Gasteiger partial charge on any atom is -0.457 e. The number of benzene rings is 2. The van der Waals surface area contributed by atoms with E-state index < -0.39 is 0 Å². The summed E-state index contributed by atoms with van der Waals surface area (Å²) in [6.45, 7) is 5.18. The van der Waals surface area contributed by atoms with Crippen molar-refractivity contribution in [2.45, 2.75) is 32.7 Å². The monoisotopic (exact) mass is 303 g/mol. The largest absolute Gasteiger partial charge is 0.457 e. The van der Waals surface area contributed by atoms with E-state index in [1.807, 2.05) is 37.4 Å². The van der Waals surface area contributed by atoms with Gasteiger partial charge in [-0.05, 0) is 54.8 Å². The van der Waals surface area contributed by atoms with Crippen molar-refractivity contribution >= 4 is 11.6 Å². The minimum absolute atomic E-state index is 0.578. The molecule has 0 radical (unpaired) electrons. The first-order valence-corrected chi connectivity index (χ1v) is 7.72. The van der Waals surface area contributed by atoms with Gasteiger partial charge in [0.25, 0.3) is 0 Å². The van der Waals surface area contributed by atoms with Crippen molar-refractivity contribution in [1.82, 2.24) is 5.32 Å². The van der Waals surface area contributed by atoms with Crippen LogP contribution in [-0.4, -0.2) is 7.05 Å². The Balaban J connectivity index is 2.09. The zero-order valence-corrected chi connectivity index (χ0v) is 13.6. The van der Waals surface area contributed by atoms with Gasteiger partial charge in [0.1, 0.15) is 11.5 Å². The second-order valence-electron chi connectivity index (χ2n) is 5.26. The predicted octanol–water partition coefficient (Wildman–Crippen LogP) is 5.37. The molecule has 0 saturated carbocycles. The lowest BCUT2D eigenvalue weighted by Crippen LogP contribution is -2.05. The number of hydrogen-bond donors (Lipinski definition) is 1. The highest BCUT2D eigenvalue weighted by molar-refractivity contribution is 6.31. The standard InChI is InChI=1S/C18H22ClNO/c1-4-13(2)14-5-8-16(9-6-14)21-17-10-7-15(12-20-3)18(19)11-17/h5-11,13,20H,4,12H2,1-3H3. The molecule has 2 nitrogen and oxygen atoms in total. The quantitative estimate of drug-likeness (QED) is 0.775. The third-order valence-corrected chi connectivity index (χ3v) is 4.04. The minimum atomic E-state index is 0.578. The van der Waals surface area contributed by atoms with Gasteiger partial charge in [-0.15, -0.1) is 0 Å². The van der Waals surface area contributed by atoms with Gasteiger partial charge in [-0.25, -0.2) is 0 Å². The third kappa shape index (κ3) is 4.23. The van der Waals surface area contributed by atoms with Crippen molar-refractivity contribution in [3.63, 3.8) is 0 Å². The first-order valence-electron chi connectivity index (χ1n) is 7.35. The Morgan fingerprint density at radius 2 is 1.76 bits per heavy atom. The van der Waals surface area contributed by atoms with Gasteiger partial charge in [-0.3, -0.25) is 0 Å². The van der Waals surface area contributed by atoms with E-state index in [4.69, 9.17) is 16.3 Å². The van der Waals surface area contributed by atoms with Crippen LogP contribution in [0.2, 0.25) is 5.02 Å². The molecule has 1 N–H and O–H groups in total. The Morgan fingerprint density at radius 3 is 2.33 bits per heavy atom. The molecule has 112 valence electrons. The summed E-state index contributed by atoms with van der Waals surface area (Å²) in [5.41, 5.74) is 2.41. The van der Waals surface area contributed by atoms with E-state index >= 15 is 0 Å². The number of nitrogens with one attached hydrogen (secondary N) is 1. The first kappa shape index (κ1) is 15.9. The second-order valence-corrected chi connectivity index (χ2v) is 5.67. The Labute approximate surface area is 132 Å². The molecular weight excluding hydrogens is 282 g/mol. The third-order valence-electron chi connectivity index (χ3n) is 3.69. The van der Waals surface area contributed by atoms with E-state index in [0.717, 1.165) is 35.1 Å². The van der Waals surface area contributed by atoms with Gasteiger partial charge in [-0.2, -0.15) is 0 Å². The summed E-state index contributed by atoms with van der Waals surface area (Å²) in [5.74, 6) is 2.17. The molecule has 2 rings (SSSR count). The molecule has 0 spiro atoms. The van der Waals surface area contributed by atoms with Crippen molar-refractivity contribution in [2.75, 3.05) is 7.05 Å². The molecule has 0 fully saturated rings. The molecule has 0 aliphatic carbocycles. The van der Waals surface area contributed by atoms with Crippen molar-refractivity contribution in [3.8, 4) is 11.5 Å². The van der Waals surface area contributed by atoms with Crippen LogP contribution in [0, 0.1) is 0 Å². The average Bonchev–Trinajstić information content (AvgIpc) is 2.50. The lowest BCUT2D eigenvalue weighted by atomic mass is 9.99. The van der Waals surface area contributed by atoms with Crippen LogP contribution in [0.4, 0.5) is 0 Å². The molecule has 1 atom stereocenters. The second kappa shape index (κ2) is 7.48. The topological polar surface area (TPSA) is 21.3 Å². The fraction of sp³-hybridized carbons (Fsp3) is 0.333. The highest BCUT2D eigenvalue weighted by atomic mass is 35.5. The molecule has 0 bridgehead atoms. The molecule has 21 heavy (non-hydrogen) atoms. The summed E-state index contributed by atoms with van der Waals surface area (Å²) < 4.78 is 5.86. The summed E-state index contributed by atoms with van der Waals surface area (Å²) in [5, 5.41) is 3.81. The molecular formula is C18H22ClNO. The van der Waals surface area contributed by atoms with Crippen LogP contribution in [0.25, 0.3) is 0 Å². The van der Waals surface area contributed by atoms with E-state index in [1.54, 1.807) is 0 Å². The van der Waals surface area contributed by atoms with E-state index in [-0.39, 0.29) is 0 Å². The molecule has 0 aliphatic heterocycles. The Hall–Kier alpha value is -1.51. The fourth-order valence-corrected chi connectivity index (χ4v) is 2.40. The number of hydrogen-bond acceptors (Lipinski definition) is 2. The number of ether oxygens (including phenoxy) is 1. The van der Waals surface area contributed by atoms with Crippen LogP contribution in [0.15, 0.2) is 42.5 Å². The van der Waals surface area contributed by atoms with Gasteiger partial charge >= 0.3 is 0 Å². The van der Waals surface area contributed by atoms with E-state index in [0.29, 0.717) is 5.92 Å². The molecule has 0 heterocycles. The average molecular weight is 304 g/mol. The zero-order valence-electron chi connectivity index (χ0n) is 12.8. The summed E-state index contributed by atoms with van der Waals surface area (Å²) in [7, 11) is 1.90. The normalized spacial score (nSPS) is 12.2. The Bertz CT molecular complexity index is 580. The van der Waals surface area contributed by atoms with Crippen LogP contribution < -0.4 is 10.1 Å². The molecule has 0 amide bonds. The smallest absolute Gasteiger partial charge is 0.128 e. The summed E-state index contributed by atoms with van der Waals surface area (Å²) in [4.78, 5) is 0. The van der Waals surface area contributed by atoms with E-state index in [1.165, 1.54) is 5.56 Å². The lowest BCUT2D eigenvalue weighted by molar-refractivity contribution is 0.482. The van der Waals surface area contributed by atoms with Crippen LogP contribution in [0.1, 0.15) is 37.3 Å². The number of rotatable bonds is 6. The maximum Gasteiger partial charge on any atom is 0.128 e. The number of halogens is 1. The Morgan fingerprint density at radius 1 is 1.10 bits per heavy atom. The van der Waals surface area contributed by atoms with Crippen LogP contribution in [-0.2, 0) is 6.54 Å². The van der Waals surface area contributed by atoms with E-state index in [9.17, 15) is 0 Å². The van der Waals surface area contributed by atoms with Crippen LogP contribution in [0.3, 0.4) is 0 Å². The molecule has 2 aromatic rings. The molecule has 0 aliphatic rings. The lowest BCUT2D eigenvalue weighted by Gasteiger charge is -2.11. The van der Waals surface area contributed by atoms with Gasteiger partial charge in [0.2, 0.25) is 0 Å². The summed E-state index contributed by atoms with van der Waals surface area (Å²) in [6.07, 6.45) is 1.14. The predicted molar refractivity (Wildman–Crippen MR) is 89.4 cm³/mol. The van der Waals surface area contributed by atoms with Gasteiger partial charge in [0.05, 0.1) is 0 Å². The van der Waals surface area contributed by atoms with E-state index in [2.05, 4.69) is 31.3 Å². The molecule has 1 unspecified atom stereocenters. The first-order chi connectivity index (χ1) is 10.1. The SMILES string of the molecule is CCC(C)c1ccc(Oc2ccc(CNC)c(Cl)c2)cc1. The Kier molecular flexibility index (Phi) is 5.66. The summed E-state index contributed by atoms with van der Waals surface area (Å²) in [6, 6.07) is 14.1. The zero-order chi connectivity index (χ0) is 15.2. The van der Waals surface area contributed by atoms with Crippen molar-refractivity contribution < 1.29 is 4.74 Å². The molecule has 2 aromatic carbocycles. The van der Waals surface area contributed by atoms with Gasteiger partial charge in [0, 0.05) is 11.6 Å². The van der Waals surface area contributed by atoms with Gasteiger partial charge in [0.15, 0.2) is 0 Å². The highest BCUT2D eigenvalue weighted by Gasteiger charge is 2.05. The van der Waals surface area contributed by atoms with Crippen LogP contribution >= 0.6 is 11.6 Å².